The van der Waals surface area contributed by atoms with Crippen LogP contribution in [0.15, 0.2) is 22.8 Å². The summed E-state index contributed by atoms with van der Waals surface area (Å²) in [7, 11) is 0. The van der Waals surface area contributed by atoms with Gasteiger partial charge in [0.25, 0.3) is 5.91 Å². The highest BCUT2D eigenvalue weighted by atomic mass is 79.9. The molecule has 0 unspecified atom stereocenters. The molecule has 1 aromatic heterocycles. The third-order valence-electron chi connectivity index (χ3n) is 3.57. The van der Waals surface area contributed by atoms with Gasteiger partial charge in [-0.1, -0.05) is 35.2 Å². The fourth-order valence-corrected chi connectivity index (χ4v) is 3.18. The topological polar surface area (TPSA) is 42.2 Å². The molecule has 2 rings (SSSR count). The highest BCUT2D eigenvalue weighted by Crippen LogP contribution is 2.37. The van der Waals surface area contributed by atoms with Crippen molar-refractivity contribution in [3.8, 4) is 0 Å². The van der Waals surface area contributed by atoms with Gasteiger partial charge in [0.05, 0.1) is 6.26 Å². The summed E-state index contributed by atoms with van der Waals surface area (Å²) in [6.07, 6.45) is 7.76. The standard InChI is InChI=1S/C13H18BrNO2/c14-9-13(6-2-1-3-7-13)10-15-12(16)11-5-4-8-17-11/h4-5,8H,1-3,6-7,9-10H2,(H,15,16). The molecule has 1 fully saturated rings. The molecule has 0 radical (unpaired) electrons. The molecule has 0 aromatic carbocycles. The molecule has 1 saturated carbocycles. The van der Waals surface area contributed by atoms with Crippen molar-refractivity contribution in [3.05, 3.63) is 24.2 Å². The molecule has 0 bridgehead atoms. The first-order chi connectivity index (χ1) is 8.26. The van der Waals surface area contributed by atoms with Gasteiger partial charge >= 0.3 is 0 Å². The van der Waals surface area contributed by atoms with Crippen LogP contribution in [-0.2, 0) is 0 Å². The highest BCUT2D eigenvalue weighted by Gasteiger charge is 2.31. The molecule has 94 valence electrons. The van der Waals surface area contributed by atoms with Crippen LogP contribution in [-0.4, -0.2) is 17.8 Å². The quantitative estimate of drug-likeness (QED) is 0.866. The average molecular weight is 300 g/mol. The van der Waals surface area contributed by atoms with Crippen LogP contribution in [0.4, 0.5) is 0 Å². The first-order valence-electron chi connectivity index (χ1n) is 6.13. The number of carbonyl (C=O) groups is 1. The van der Waals surface area contributed by atoms with Crippen LogP contribution in [0.5, 0.6) is 0 Å². The Hall–Kier alpha value is -0.770. The van der Waals surface area contributed by atoms with E-state index in [2.05, 4.69) is 21.2 Å². The summed E-state index contributed by atoms with van der Waals surface area (Å²) >= 11 is 3.59. The molecule has 1 amide bonds. The number of carbonyl (C=O) groups excluding carboxylic acids is 1. The van der Waals surface area contributed by atoms with Gasteiger partial charge in [-0.2, -0.15) is 0 Å². The van der Waals surface area contributed by atoms with E-state index in [-0.39, 0.29) is 11.3 Å². The minimum Gasteiger partial charge on any atom is -0.459 e. The number of halogens is 1. The molecule has 1 aliphatic carbocycles. The maximum absolute atomic E-state index is 11.8. The number of nitrogens with one attached hydrogen (secondary N) is 1. The first-order valence-corrected chi connectivity index (χ1v) is 7.26. The van der Waals surface area contributed by atoms with Crippen molar-refractivity contribution in [2.75, 3.05) is 11.9 Å². The van der Waals surface area contributed by atoms with E-state index in [4.69, 9.17) is 4.42 Å². The summed E-state index contributed by atoms with van der Waals surface area (Å²) in [5.41, 5.74) is 0.237. The van der Waals surface area contributed by atoms with Gasteiger partial charge in [0, 0.05) is 11.9 Å². The summed E-state index contributed by atoms with van der Waals surface area (Å²) in [5.74, 6) is 0.284. The van der Waals surface area contributed by atoms with Gasteiger partial charge in [0.15, 0.2) is 5.76 Å². The largest absolute Gasteiger partial charge is 0.459 e. The van der Waals surface area contributed by atoms with E-state index in [0.29, 0.717) is 5.76 Å². The lowest BCUT2D eigenvalue weighted by Gasteiger charge is -2.35. The SMILES string of the molecule is O=C(NCC1(CBr)CCCCC1)c1ccco1. The minimum atomic E-state index is -0.110. The van der Waals surface area contributed by atoms with Crippen LogP contribution in [0, 0.1) is 5.41 Å². The summed E-state index contributed by atoms with van der Waals surface area (Å²) in [4.78, 5) is 11.8. The third-order valence-corrected chi connectivity index (χ3v) is 4.76. The Kier molecular flexibility index (Phi) is 4.26. The predicted molar refractivity (Wildman–Crippen MR) is 70.4 cm³/mol. The molecule has 17 heavy (non-hydrogen) atoms. The van der Waals surface area contributed by atoms with Gasteiger partial charge < -0.3 is 9.73 Å². The Morgan fingerprint density at radius 3 is 2.76 bits per heavy atom. The molecule has 1 N–H and O–H groups in total. The van der Waals surface area contributed by atoms with E-state index >= 15 is 0 Å². The fraction of sp³-hybridized carbons (Fsp3) is 0.615. The van der Waals surface area contributed by atoms with Crippen LogP contribution in [0.2, 0.25) is 0 Å². The highest BCUT2D eigenvalue weighted by molar-refractivity contribution is 9.09. The van der Waals surface area contributed by atoms with Crippen LogP contribution in [0.3, 0.4) is 0 Å². The Bertz CT molecular complexity index is 356. The Labute approximate surface area is 110 Å². The number of rotatable bonds is 4. The number of hydrogen-bond acceptors (Lipinski definition) is 2. The van der Waals surface area contributed by atoms with Crippen molar-refractivity contribution in [2.24, 2.45) is 5.41 Å². The number of amides is 1. The molecule has 3 nitrogen and oxygen atoms in total. The second-order valence-electron chi connectivity index (χ2n) is 4.85. The van der Waals surface area contributed by atoms with Gasteiger partial charge in [0.2, 0.25) is 0 Å². The van der Waals surface area contributed by atoms with E-state index in [9.17, 15) is 4.79 Å². The van der Waals surface area contributed by atoms with Crippen LogP contribution >= 0.6 is 15.9 Å². The Morgan fingerprint density at radius 2 is 2.18 bits per heavy atom. The van der Waals surface area contributed by atoms with Crippen LogP contribution in [0.25, 0.3) is 0 Å². The molecule has 1 heterocycles. The zero-order chi connectivity index (χ0) is 12.1. The number of hydrogen-bond donors (Lipinski definition) is 1. The molecular formula is C13H18BrNO2. The van der Waals surface area contributed by atoms with E-state index < -0.39 is 0 Å². The Balaban J connectivity index is 1.89. The van der Waals surface area contributed by atoms with Gasteiger partial charge in [0.1, 0.15) is 0 Å². The van der Waals surface area contributed by atoms with E-state index in [0.717, 1.165) is 11.9 Å². The third kappa shape index (κ3) is 3.12. The second kappa shape index (κ2) is 5.71. The zero-order valence-electron chi connectivity index (χ0n) is 9.88. The normalized spacial score (nSPS) is 18.9. The van der Waals surface area contributed by atoms with Crippen LogP contribution in [0.1, 0.15) is 42.7 Å². The monoisotopic (exact) mass is 299 g/mol. The van der Waals surface area contributed by atoms with Crippen molar-refractivity contribution in [2.45, 2.75) is 32.1 Å². The molecule has 1 aliphatic rings. The maximum atomic E-state index is 11.8. The molecule has 0 aliphatic heterocycles. The summed E-state index contributed by atoms with van der Waals surface area (Å²) < 4.78 is 5.08. The van der Waals surface area contributed by atoms with Crippen molar-refractivity contribution in [1.29, 1.82) is 0 Å². The van der Waals surface area contributed by atoms with Crippen molar-refractivity contribution in [1.82, 2.24) is 5.32 Å². The average Bonchev–Trinajstić information content (AvgIpc) is 2.91. The van der Waals surface area contributed by atoms with E-state index in [1.54, 1.807) is 12.1 Å². The van der Waals surface area contributed by atoms with Crippen LogP contribution < -0.4 is 5.32 Å². The minimum absolute atomic E-state index is 0.110. The van der Waals surface area contributed by atoms with Gasteiger partial charge in [-0.15, -0.1) is 0 Å². The fourth-order valence-electron chi connectivity index (χ4n) is 2.42. The van der Waals surface area contributed by atoms with Gasteiger partial charge in [-0.3, -0.25) is 4.79 Å². The van der Waals surface area contributed by atoms with Gasteiger partial charge in [-0.25, -0.2) is 0 Å². The van der Waals surface area contributed by atoms with Gasteiger partial charge in [-0.05, 0) is 30.4 Å². The second-order valence-corrected chi connectivity index (χ2v) is 5.42. The van der Waals surface area contributed by atoms with Crippen molar-refractivity contribution in [3.63, 3.8) is 0 Å². The molecular weight excluding hydrogens is 282 g/mol. The zero-order valence-corrected chi connectivity index (χ0v) is 11.5. The number of furan rings is 1. The lowest BCUT2D eigenvalue weighted by Crippen LogP contribution is -2.40. The molecule has 1 aromatic rings. The predicted octanol–water partition coefficient (Wildman–Crippen LogP) is 3.35. The maximum Gasteiger partial charge on any atom is 0.286 e. The summed E-state index contributed by atoms with van der Waals surface area (Å²) in [6.45, 7) is 0.734. The molecule has 4 heteroatoms. The lowest BCUT2D eigenvalue weighted by molar-refractivity contribution is 0.0894. The smallest absolute Gasteiger partial charge is 0.286 e. The molecule has 0 spiro atoms. The van der Waals surface area contributed by atoms with E-state index in [1.807, 2.05) is 0 Å². The molecule has 0 atom stereocenters. The first kappa shape index (κ1) is 12.7. The lowest BCUT2D eigenvalue weighted by atomic mass is 9.75. The number of alkyl halides is 1. The van der Waals surface area contributed by atoms with Crippen molar-refractivity contribution >= 4 is 21.8 Å². The summed E-state index contributed by atoms with van der Waals surface area (Å²) in [5, 5.41) is 3.94. The van der Waals surface area contributed by atoms with E-state index in [1.165, 1.54) is 38.4 Å². The Morgan fingerprint density at radius 1 is 1.41 bits per heavy atom. The summed E-state index contributed by atoms with van der Waals surface area (Å²) in [6, 6.07) is 3.42. The molecule has 0 saturated heterocycles. The van der Waals surface area contributed by atoms with Crippen molar-refractivity contribution < 1.29 is 9.21 Å².